The smallest absolute Gasteiger partial charge is 0.155 e. The quantitative estimate of drug-likeness (QED) is 0.716. The Morgan fingerprint density at radius 1 is 1.36 bits per heavy atom. The molecular weight excluding hydrogens is 219 g/mol. The molecule has 0 amide bonds. The van der Waals surface area contributed by atoms with Gasteiger partial charge in [0.05, 0.1) is 10.0 Å². The normalized spacial score (nSPS) is 10.8. The van der Waals surface area contributed by atoms with Crippen LogP contribution in [0.3, 0.4) is 0 Å². The van der Waals surface area contributed by atoms with Crippen LogP contribution in [-0.4, -0.2) is 5.78 Å². The highest BCUT2D eigenvalue weighted by molar-refractivity contribution is 6.42. The Bertz CT molecular complexity index is 370. The van der Waals surface area contributed by atoms with Crippen molar-refractivity contribution < 1.29 is 4.79 Å². The first-order chi connectivity index (χ1) is 6.63. The van der Waals surface area contributed by atoms with Crippen LogP contribution in [0.2, 0.25) is 10.0 Å². The SMILES string of the molecule is CCC(=O)C=Cc1ccc(Cl)c(Cl)c1. The number of halogens is 2. The van der Waals surface area contributed by atoms with E-state index in [1.165, 1.54) is 0 Å². The van der Waals surface area contributed by atoms with Gasteiger partial charge >= 0.3 is 0 Å². The maximum absolute atomic E-state index is 11.0. The van der Waals surface area contributed by atoms with Gasteiger partial charge < -0.3 is 0 Å². The number of ketones is 1. The molecule has 0 heterocycles. The lowest BCUT2D eigenvalue weighted by Crippen LogP contribution is -1.86. The molecule has 0 atom stereocenters. The molecule has 1 rings (SSSR count). The molecule has 1 aromatic rings. The average molecular weight is 229 g/mol. The van der Waals surface area contributed by atoms with E-state index >= 15 is 0 Å². The number of rotatable bonds is 3. The second-order valence-electron chi connectivity index (χ2n) is 2.83. The van der Waals surface area contributed by atoms with Crippen LogP contribution in [0.15, 0.2) is 24.3 Å². The van der Waals surface area contributed by atoms with E-state index in [1.807, 2.05) is 13.0 Å². The van der Waals surface area contributed by atoms with Crippen molar-refractivity contribution in [1.82, 2.24) is 0 Å². The van der Waals surface area contributed by atoms with Crippen LogP contribution < -0.4 is 0 Å². The molecule has 74 valence electrons. The van der Waals surface area contributed by atoms with Gasteiger partial charge in [-0.2, -0.15) is 0 Å². The first kappa shape index (κ1) is 11.3. The van der Waals surface area contributed by atoms with Crippen molar-refractivity contribution in [3.63, 3.8) is 0 Å². The zero-order chi connectivity index (χ0) is 10.6. The number of hydrogen-bond donors (Lipinski definition) is 0. The monoisotopic (exact) mass is 228 g/mol. The maximum atomic E-state index is 11.0. The van der Waals surface area contributed by atoms with Gasteiger partial charge in [-0.15, -0.1) is 0 Å². The Balaban J connectivity index is 2.83. The molecule has 0 aliphatic carbocycles. The van der Waals surface area contributed by atoms with Gasteiger partial charge in [0.25, 0.3) is 0 Å². The van der Waals surface area contributed by atoms with Gasteiger partial charge in [-0.1, -0.05) is 42.3 Å². The molecule has 3 heteroatoms. The first-order valence-electron chi connectivity index (χ1n) is 4.29. The summed E-state index contributed by atoms with van der Waals surface area (Å²) < 4.78 is 0. The second-order valence-corrected chi connectivity index (χ2v) is 3.64. The van der Waals surface area contributed by atoms with Crippen molar-refractivity contribution in [3.05, 3.63) is 39.9 Å². The third kappa shape index (κ3) is 3.17. The largest absolute Gasteiger partial charge is 0.295 e. The minimum atomic E-state index is 0.0936. The van der Waals surface area contributed by atoms with E-state index in [1.54, 1.807) is 24.3 Å². The van der Waals surface area contributed by atoms with Crippen LogP contribution >= 0.6 is 23.2 Å². The number of benzene rings is 1. The Kier molecular flexibility index (Phi) is 4.18. The van der Waals surface area contributed by atoms with Crippen LogP contribution in [0.5, 0.6) is 0 Å². The van der Waals surface area contributed by atoms with Crippen LogP contribution in [0.1, 0.15) is 18.9 Å². The van der Waals surface area contributed by atoms with Gasteiger partial charge in [0.2, 0.25) is 0 Å². The van der Waals surface area contributed by atoms with Crippen LogP contribution in [0.4, 0.5) is 0 Å². The highest BCUT2D eigenvalue weighted by Crippen LogP contribution is 2.23. The molecule has 0 bridgehead atoms. The van der Waals surface area contributed by atoms with E-state index in [9.17, 15) is 4.79 Å². The summed E-state index contributed by atoms with van der Waals surface area (Å²) in [6.45, 7) is 1.82. The predicted octanol–water partition coefficient (Wildman–Crippen LogP) is 3.99. The molecule has 14 heavy (non-hydrogen) atoms. The fourth-order valence-corrected chi connectivity index (χ4v) is 1.23. The number of allylic oxidation sites excluding steroid dienone is 1. The number of carbonyl (C=O) groups is 1. The third-order valence-electron chi connectivity index (χ3n) is 1.75. The van der Waals surface area contributed by atoms with Gasteiger partial charge in [0.15, 0.2) is 5.78 Å². The molecule has 1 nitrogen and oxygen atoms in total. The highest BCUT2D eigenvalue weighted by atomic mass is 35.5. The fourth-order valence-electron chi connectivity index (χ4n) is 0.923. The minimum absolute atomic E-state index is 0.0936. The average Bonchev–Trinajstić information content (AvgIpc) is 2.19. The van der Waals surface area contributed by atoms with Crippen molar-refractivity contribution in [3.8, 4) is 0 Å². The van der Waals surface area contributed by atoms with Gasteiger partial charge in [0.1, 0.15) is 0 Å². The summed E-state index contributed by atoms with van der Waals surface area (Å²) in [7, 11) is 0. The van der Waals surface area contributed by atoms with Gasteiger partial charge in [-0.3, -0.25) is 4.79 Å². The van der Waals surface area contributed by atoms with Crippen molar-refractivity contribution >= 4 is 35.1 Å². The van der Waals surface area contributed by atoms with Crippen molar-refractivity contribution in [2.24, 2.45) is 0 Å². The van der Waals surface area contributed by atoms with E-state index in [0.717, 1.165) is 5.56 Å². The molecule has 0 aliphatic rings. The molecule has 0 fully saturated rings. The van der Waals surface area contributed by atoms with Crippen LogP contribution in [0, 0.1) is 0 Å². The molecule has 0 spiro atoms. The first-order valence-corrected chi connectivity index (χ1v) is 5.05. The summed E-state index contributed by atoms with van der Waals surface area (Å²) in [5, 5.41) is 1.02. The Hall–Kier alpha value is -0.790. The molecule has 0 saturated heterocycles. The lowest BCUT2D eigenvalue weighted by Gasteiger charge is -1.96. The third-order valence-corrected chi connectivity index (χ3v) is 2.49. The Morgan fingerprint density at radius 3 is 2.64 bits per heavy atom. The van der Waals surface area contributed by atoms with E-state index in [-0.39, 0.29) is 5.78 Å². The summed E-state index contributed by atoms with van der Waals surface area (Å²) in [4.78, 5) is 11.0. The van der Waals surface area contributed by atoms with Gasteiger partial charge in [-0.05, 0) is 23.8 Å². The molecule has 0 saturated carbocycles. The van der Waals surface area contributed by atoms with E-state index in [0.29, 0.717) is 16.5 Å². The van der Waals surface area contributed by atoms with E-state index in [4.69, 9.17) is 23.2 Å². The Morgan fingerprint density at radius 2 is 2.07 bits per heavy atom. The molecule has 0 N–H and O–H groups in total. The molecule has 1 aromatic carbocycles. The maximum Gasteiger partial charge on any atom is 0.155 e. The molecule has 0 unspecified atom stereocenters. The summed E-state index contributed by atoms with van der Waals surface area (Å²) in [6, 6.07) is 5.25. The number of carbonyl (C=O) groups excluding carboxylic acids is 1. The number of hydrogen-bond acceptors (Lipinski definition) is 1. The summed E-state index contributed by atoms with van der Waals surface area (Å²) >= 11 is 11.6. The highest BCUT2D eigenvalue weighted by Gasteiger charge is 1.97. The topological polar surface area (TPSA) is 17.1 Å². The molecule has 0 radical (unpaired) electrons. The van der Waals surface area contributed by atoms with E-state index < -0.39 is 0 Å². The van der Waals surface area contributed by atoms with Crippen LogP contribution in [-0.2, 0) is 4.79 Å². The van der Waals surface area contributed by atoms with Crippen molar-refractivity contribution in [2.75, 3.05) is 0 Å². The molecular formula is C11H10Cl2O. The second kappa shape index (κ2) is 5.18. The summed E-state index contributed by atoms with van der Waals surface area (Å²) in [5.74, 6) is 0.0936. The van der Waals surface area contributed by atoms with Gasteiger partial charge in [0, 0.05) is 6.42 Å². The van der Waals surface area contributed by atoms with Crippen molar-refractivity contribution in [2.45, 2.75) is 13.3 Å². The van der Waals surface area contributed by atoms with Crippen molar-refractivity contribution in [1.29, 1.82) is 0 Å². The van der Waals surface area contributed by atoms with E-state index in [2.05, 4.69) is 0 Å². The summed E-state index contributed by atoms with van der Waals surface area (Å²) in [6.07, 6.45) is 3.78. The van der Waals surface area contributed by atoms with Crippen LogP contribution in [0.25, 0.3) is 6.08 Å². The zero-order valence-electron chi connectivity index (χ0n) is 7.76. The lowest BCUT2D eigenvalue weighted by atomic mass is 10.2. The molecule has 0 aliphatic heterocycles. The lowest BCUT2D eigenvalue weighted by molar-refractivity contribution is -0.114. The molecule has 0 aromatic heterocycles. The minimum Gasteiger partial charge on any atom is -0.295 e. The Labute approximate surface area is 93.3 Å². The predicted molar refractivity (Wildman–Crippen MR) is 60.8 cm³/mol. The fraction of sp³-hybridized carbons (Fsp3) is 0.182. The summed E-state index contributed by atoms with van der Waals surface area (Å²) in [5.41, 5.74) is 0.876. The van der Waals surface area contributed by atoms with Gasteiger partial charge in [-0.25, -0.2) is 0 Å². The standard InChI is InChI=1S/C11H10Cl2O/c1-2-9(14)5-3-8-4-6-10(12)11(13)7-8/h3-7H,2H2,1H3. The zero-order valence-corrected chi connectivity index (χ0v) is 9.27.